The van der Waals surface area contributed by atoms with Crippen LogP contribution in [-0.4, -0.2) is 89.9 Å². The maximum Gasteiger partial charge on any atom is 0.410 e. The molecule has 2 aromatic carbocycles. The molecule has 250 valence electrons. The first kappa shape index (κ1) is 36.8. The summed E-state index contributed by atoms with van der Waals surface area (Å²) in [6.07, 6.45) is 4.45. The maximum absolute atomic E-state index is 13.7. The molecule has 2 aromatic rings. The van der Waals surface area contributed by atoms with E-state index in [-0.39, 0.29) is 23.8 Å². The first-order chi connectivity index (χ1) is 21.9. The number of benzene rings is 2. The topological polar surface area (TPSA) is 123 Å². The summed E-state index contributed by atoms with van der Waals surface area (Å²) in [7, 11) is 1.31. The van der Waals surface area contributed by atoms with Crippen LogP contribution in [0, 0.1) is 0 Å². The Balaban J connectivity index is 1.82. The van der Waals surface area contributed by atoms with Gasteiger partial charge in [0, 0.05) is 29.6 Å². The van der Waals surface area contributed by atoms with E-state index in [4.69, 9.17) is 14.2 Å². The molecular formula is C34H45N3O7S2. The number of rotatable bonds is 14. The Kier molecular flexibility index (Phi) is 14.3. The number of ether oxygens (including phenoxy) is 3. The normalized spacial score (nSPS) is 16.7. The fraction of sp³-hybridized carbons (Fsp3) is 0.471. The van der Waals surface area contributed by atoms with Gasteiger partial charge in [0.15, 0.2) is 0 Å². The number of likely N-dealkylation sites (tertiary alicyclic amines) is 1. The third-order valence-electron chi connectivity index (χ3n) is 7.12. The van der Waals surface area contributed by atoms with Gasteiger partial charge in [-0.05, 0) is 87.1 Å². The van der Waals surface area contributed by atoms with Gasteiger partial charge >= 0.3 is 17.4 Å². The number of thioether (sulfide) groups is 2. The third-order valence-corrected chi connectivity index (χ3v) is 8.72. The summed E-state index contributed by atoms with van der Waals surface area (Å²) in [6, 6.07) is 14.3. The number of methoxy groups -OCH3 is 1. The van der Waals surface area contributed by atoms with E-state index in [0.717, 1.165) is 22.9 Å². The second-order valence-corrected chi connectivity index (χ2v) is 14.1. The molecule has 1 aliphatic heterocycles. The van der Waals surface area contributed by atoms with Crippen LogP contribution < -0.4 is 10.6 Å². The zero-order chi connectivity index (χ0) is 33.7. The zero-order valence-electron chi connectivity index (χ0n) is 27.2. The molecule has 1 heterocycles. The molecule has 0 spiro atoms. The average Bonchev–Trinajstić information content (AvgIpc) is 3.42. The van der Waals surface area contributed by atoms with E-state index in [0.29, 0.717) is 49.4 Å². The summed E-state index contributed by atoms with van der Waals surface area (Å²) in [5, 5.41) is 5.68. The molecule has 3 unspecified atom stereocenters. The van der Waals surface area contributed by atoms with E-state index < -0.39 is 29.0 Å². The van der Waals surface area contributed by atoms with Gasteiger partial charge in [0.05, 0.1) is 13.2 Å². The van der Waals surface area contributed by atoms with Gasteiger partial charge < -0.3 is 29.7 Å². The Morgan fingerprint density at radius 2 is 1.87 bits per heavy atom. The second-order valence-electron chi connectivity index (χ2n) is 11.9. The lowest BCUT2D eigenvalue weighted by atomic mass is 9.98. The Hall–Kier alpha value is -3.64. The molecule has 2 N–H and O–H groups in total. The van der Waals surface area contributed by atoms with Crippen molar-refractivity contribution in [1.29, 1.82) is 0 Å². The molecular weight excluding hydrogens is 627 g/mol. The van der Waals surface area contributed by atoms with Crippen molar-refractivity contribution >= 4 is 52.5 Å². The molecule has 1 fully saturated rings. The van der Waals surface area contributed by atoms with Crippen LogP contribution in [0.1, 0.15) is 55.1 Å². The van der Waals surface area contributed by atoms with Crippen LogP contribution in [0.15, 0.2) is 61.2 Å². The molecule has 2 amide bonds. The van der Waals surface area contributed by atoms with Crippen LogP contribution in [0.3, 0.4) is 0 Å². The molecule has 3 atom stereocenters. The van der Waals surface area contributed by atoms with Crippen molar-refractivity contribution in [1.82, 2.24) is 10.2 Å². The lowest BCUT2D eigenvalue weighted by molar-refractivity contribution is -0.142. The number of nitrogens with one attached hydrogen (secondary N) is 2. The summed E-state index contributed by atoms with van der Waals surface area (Å²) in [6.45, 7) is 9.79. The van der Waals surface area contributed by atoms with Crippen LogP contribution in [0.2, 0.25) is 0 Å². The van der Waals surface area contributed by atoms with Crippen LogP contribution >= 0.6 is 23.5 Å². The molecule has 0 radical (unpaired) electrons. The van der Waals surface area contributed by atoms with Gasteiger partial charge in [-0.25, -0.2) is 14.4 Å². The van der Waals surface area contributed by atoms with Gasteiger partial charge in [0.1, 0.15) is 18.2 Å². The van der Waals surface area contributed by atoms with Crippen molar-refractivity contribution in [2.45, 2.75) is 63.0 Å². The van der Waals surface area contributed by atoms with E-state index in [9.17, 15) is 19.2 Å². The quantitative estimate of drug-likeness (QED) is 0.137. The minimum Gasteiger partial charge on any atom is -0.467 e. The number of hydrogen-bond donors (Lipinski definition) is 2. The summed E-state index contributed by atoms with van der Waals surface area (Å²) in [4.78, 5) is 53.2. The Morgan fingerprint density at radius 1 is 1.13 bits per heavy atom. The number of nitrogens with zero attached hydrogens (tertiary/aromatic N) is 1. The zero-order valence-corrected chi connectivity index (χ0v) is 28.8. The summed E-state index contributed by atoms with van der Waals surface area (Å²) in [5.41, 5.74) is 2.32. The van der Waals surface area contributed by atoms with Gasteiger partial charge in [0.25, 0.3) is 5.91 Å². The fourth-order valence-electron chi connectivity index (χ4n) is 4.97. The number of anilines is 1. The van der Waals surface area contributed by atoms with E-state index in [1.807, 2.05) is 69.5 Å². The van der Waals surface area contributed by atoms with E-state index in [1.54, 1.807) is 22.7 Å². The number of esters is 1. The van der Waals surface area contributed by atoms with E-state index in [1.165, 1.54) is 13.2 Å². The Bertz CT molecular complexity index is 1350. The minimum atomic E-state index is -0.779. The summed E-state index contributed by atoms with van der Waals surface area (Å²) in [5.74, 6) is -0.195. The number of carbonyl (C=O) groups excluding carboxylic acids is 4. The van der Waals surface area contributed by atoms with Gasteiger partial charge in [-0.15, -0.1) is 0 Å². The highest BCUT2D eigenvalue weighted by Crippen LogP contribution is 2.31. The SMILES string of the molecule is C=CCOC(=O)N1CC(SC(=O)OC(C)(C)C)CC1CNc1ccc(Cc2ccccc2)c(C(=O)NC(CCSC)C(=O)OC)c1. The molecule has 1 aliphatic rings. The first-order valence-electron chi connectivity index (χ1n) is 15.2. The van der Waals surface area contributed by atoms with Crippen molar-refractivity contribution in [2.75, 3.05) is 44.1 Å². The van der Waals surface area contributed by atoms with E-state index >= 15 is 0 Å². The van der Waals surface area contributed by atoms with Crippen LogP contribution in [0.5, 0.6) is 0 Å². The standard InChI is InChI=1S/C34H45N3O7S2/c1-7-16-43-32(40)37-22-27(46-33(41)44-34(2,3)4)20-26(37)21-35-25-14-13-24(18-23-11-9-8-10-12-23)28(19-25)30(38)36-29(15-17-45-6)31(39)42-5/h7-14,19,26-27,29,35H,1,15-18,20-22H2,2-6H3,(H,36,38). The van der Waals surface area contributed by atoms with Crippen LogP contribution in [-0.2, 0) is 25.4 Å². The van der Waals surface area contributed by atoms with Crippen LogP contribution in [0.4, 0.5) is 15.3 Å². The van der Waals surface area contributed by atoms with Gasteiger partial charge in [-0.1, -0.05) is 49.1 Å². The van der Waals surface area contributed by atoms with Crippen LogP contribution in [0.25, 0.3) is 0 Å². The monoisotopic (exact) mass is 671 g/mol. The largest absolute Gasteiger partial charge is 0.467 e. The molecule has 0 aliphatic carbocycles. The van der Waals surface area contributed by atoms with Gasteiger partial charge in [-0.3, -0.25) is 4.79 Å². The minimum absolute atomic E-state index is 0.0736. The third kappa shape index (κ3) is 11.6. The smallest absolute Gasteiger partial charge is 0.410 e. The van der Waals surface area contributed by atoms with Crippen molar-refractivity contribution in [3.05, 3.63) is 77.9 Å². The number of carbonyl (C=O) groups is 4. The second kappa shape index (κ2) is 17.9. The molecule has 0 bridgehead atoms. The lowest BCUT2D eigenvalue weighted by Crippen LogP contribution is -2.42. The Morgan fingerprint density at radius 3 is 2.52 bits per heavy atom. The molecule has 0 aromatic heterocycles. The van der Waals surface area contributed by atoms with Gasteiger partial charge in [-0.2, -0.15) is 11.8 Å². The number of hydrogen-bond acceptors (Lipinski definition) is 10. The highest BCUT2D eigenvalue weighted by atomic mass is 32.2. The van der Waals surface area contributed by atoms with Crippen molar-refractivity contribution in [3.63, 3.8) is 0 Å². The molecule has 46 heavy (non-hydrogen) atoms. The fourth-order valence-corrected chi connectivity index (χ4v) is 6.56. The predicted molar refractivity (Wildman–Crippen MR) is 185 cm³/mol. The van der Waals surface area contributed by atoms with E-state index in [2.05, 4.69) is 17.2 Å². The first-order valence-corrected chi connectivity index (χ1v) is 17.4. The summed E-state index contributed by atoms with van der Waals surface area (Å²) >= 11 is 2.66. The van der Waals surface area contributed by atoms with Crippen molar-refractivity contribution in [3.8, 4) is 0 Å². The lowest BCUT2D eigenvalue weighted by Gasteiger charge is -2.24. The average molecular weight is 672 g/mol. The number of amides is 2. The Labute approximate surface area is 280 Å². The predicted octanol–water partition coefficient (Wildman–Crippen LogP) is 6.15. The highest BCUT2D eigenvalue weighted by molar-refractivity contribution is 8.13. The van der Waals surface area contributed by atoms with Crippen molar-refractivity contribution < 1.29 is 33.4 Å². The maximum atomic E-state index is 13.7. The summed E-state index contributed by atoms with van der Waals surface area (Å²) < 4.78 is 15.8. The molecule has 0 saturated carbocycles. The molecule has 12 heteroatoms. The van der Waals surface area contributed by atoms with Gasteiger partial charge in [0.2, 0.25) is 0 Å². The molecule has 10 nitrogen and oxygen atoms in total. The highest BCUT2D eigenvalue weighted by Gasteiger charge is 2.38. The molecule has 3 rings (SSSR count). The van der Waals surface area contributed by atoms with Crippen molar-refractivity contribution in [2.24, 2.45) is 0 Å². The molecule has 1 saturated heterocycles.